The third-order valence-corrected chi connectivity index (χ3v) is 3.29. The van der Waals surface area contributed by atoms with Crippen LogP contribution in [0.4, 0.5) is 0 Å². The zero-order valence-electron chi connectivity index (χ0n) is 9.41. The van der Waals surface area contributed by atoms with Gasteiger partial charge in [0.25, 0.3) is 0 Å². The molecular weight excluding hydrogens is 188 g/mol. The summed E-state index contributed by atoms with van der Waals surface area (Å²) in [5.41, 5.74) is 6.31. The van der Waals surface area contributed by atoms with Crippen LogP contribution in [0.2, 0.25) is 0 Å². The van der Waals surface area contributed by atoms with E-state index in [1.807, 2.05) is 12.1 Å². The molecule has 0 amide bonds. The van der Waals surface area contributed by atoms with Crippen molar-refractivity contribution in [2.24, 2.45) is 5.73 Å². The monoisotopic (exact) mass is 208 g/mol. The fourth-order valence-electron chi connectivity index (χ4n) is 2.14. The van der Waals surface area contributed by atoms with Crippen molar-refractivity contribution in [2.45, 2.75) is 38.3 Å². The molecule has 3 nitrogen and oxygen atoms in total. The Morgan fingerprint density at radius 1 is 1.53 bits per heavy atom. The number of rotatable bonds is 5. The Morgan fingerprint density at radius 3 is 2.80 bits per heavy atom. The lowest BCUT2D eigenvalue weighted by Gasteiger charge is -2.41. The lowest BCUT2D eigenvalue weighted by Crippen LogP contribution is -2.54. The summed E-state index contributed by atoms with van der Waals surface area (Å²) >= 11 is 0. The zero-order chi connectivity index (χ0) is 10.7. The molecule has 1 heterocycles. The Kier molecular flexibility index (Phi) is 3.12. The highest BCUT2D eigenvalue weighted by atomic mass is 16.3. The molecule has 0 spiro atoms. The first-order valence-electron chi connectivity index (χ1n) is 5.75. The molecule has 1 aliphatic rings. The summed E-state index contributed by atoms with van der Waals surface area (Å²) in [4.78, 5) is 2.36. The van der Waals surface area contributed by atoms with Gasteiger partial charge in [-0.05, 0) is 37.9 Å². The number of nitrogens with zero attached hydrogens (tertiary/aromatic N) is 1. The van der Waals surface area contributed by atoms with E-state index in [0.29, 0.717) is 0 Å². The molecule has 3 heteroatoms. The molecule has 15 heavy (non-hydrogen) atoms. The minimum atomic E-state index is 0.0720. The summed E-state index contributed by atoms with van der Waals surface area (Å²) in [7, 11) is 0. The van der Waals surface area contributed by atoms with Crippen molar-refractivity contribution in [2.75, 3.05) is 13.1 Å². The number of likely N-dealkylation sites (N-methyl/N-ethyl adjacent to an activating group) is 1. The van der Waals surface area contributed by atoms with E-state index in [2.05, 4.69) is 11.8 Å². The van der Waals surface area contributed by atoms with Gasteiger partial charge in [-0.15, -0.1) is 0 Å². The summed E-state index contributed by atoms with van der Waals surface area (Å²) in [6.07, 6.45) is 5.35. The van der Waals surface area contributed by atoms with Crippen molar-refractivity contribution in [1.82, 2.24) is 4.90 Å². The lowest BCUT2D eigenvalue weighted by atomic mass is 9.77. The van der Waals surface area contributed by atoms with Crippen molar-refractivity contribution in [3.63, 3.8) is 0 Å². The molecule has 1 saturated carbocycles. The third-order valence-electron chi connectivity index (χ3n) is 3.29. The third kappa shape index (κ3) is 2.61. The second-order valence-corrected chi connectivity index (χ2v) is 4.60. The van der Waals surface area contributed by atoms with Gasteiger partial charge in [0.05, 0.1) is 12.8 Å². The van der Waals surface area contributed by atoms with Crippen LogP contribution < -0.4 is 5.73 Å². The summed E-state index contributed by atoms with van der Waals surface area (Å²) in [6, 6.07) is 3.96. The Hall–Kier alpha value is -0.800. The summed E-state index contributed by atoms with van der Waals surface area (Å²) in [6.45, 7) is 5.07. The van der Waals surface area contributed by atoms with Crippen LogP contribution in [0.1, 0.15) is 31.9 Å². The topological polar surface area (TPSA) is 42.4 Å². The first-order valence-corrected chi connectivity index (χ1v) is 5.75. The maximum Gasteiger partial charge on any atom is 0.117 e. The van der Waals surface area contributed by atoms with Crippen LogP contribution in [0.15, 0.2) is 22.8 Å². The van der Waals surface area contributed by atoms with Crippen LogP contribution in [-0.4, -0.2) is 23.5 Å². The molecule has 0 unspecified atom stereocenters. The second kappa shape index (κ2) is 4.37. The van der Waals surface area contributed by atoms with Gasteiger partial charge in [-0.1, -0.05) is 6.92 Å². The molecule has 1 aliphatic carbocycles. The van der Waals surface area contributed by atoms with E-state index >= 15 is 0 Å². The van der Waals surface area contributed by atoms with Gasteiger partial charge in [0, 0.05) is 12.1 Å². The second-order valence-electron chi connectivity index (χ2n) is 4.60. The van der Waals surface area contributed by atoms with Crippen molar-refractivity contribution < 1.29 is 4.42 Å². The van der Waals surface area contributed by atoms with Crippen LogP contribution in [-0.2, 0) is 6.54 Å². The minimum absolute atomic E-state index is 0.0720. The SMILES string of the molecule is CCN(Cc1ccco1)CC1(N)CCC1. The summed E-state index contributed by atoms with van der Waals surface area (Å²) < 4.78 is 5.35. The van der Waals surface area contributed by atoms with Crippen LogP contribution in [0, 0.1) is 0 Å². The predicted octanol–water partition coefficient (Wildman–Crippen LogP) is 1.98. The average Bonchev–Trinajstić information content (AvgIpc) is 2.67. The van der Waals surface area contributed by atoms with E-state index < -0.39 is 0 Å². The van der Waals surface area contributed by atoms with Crippen LogP contribution in [0.3, 0.4) is 0 Å². The van der Waals surface area contributed by atoms with E-state index in [0.717, 1.165) is 25.4 Å². The van der Waals surface area contributed by atoms with Gasteiger partial charge in [0.1, 0.15) is 5.76 Å². The average molecular weight is 208 g/mol. The van der Waals surface area contributed by atoms with E-state index in [4.69, 9.17) is 10.2 Å². The first-order chi connectivity index (χ1) is 7.22. The molecule has 1 aromatic rings. The highest BCUT2D eigenvalue weighted by Gasteiger charge is 2.33. The van der Waals surface area contributed by atoms with Gasteiger partial charge in [-0.25, -0.2) is 0 Å². The molecule has 2 N–H and O–H groups in total. The van der Waals surface area contributed by atoms with E-state index in [9.17, 15) is 0 Å². The number of furan rings is 1. The normalized spacial score (nSPS) is 19.1. The van der Waals surface area contributed by atoms with Gasteiger partial charge in [-0.2, -0.15) is 0 Å². The van der Waals surface area contributed by atoms with Crippen molar-refractivity contribution in [3.05, 3.63) is 24.2 Å². The number of nitrogens with two attached hydrogens (primary N) is 1. The smallest absolute Gasteiger partial charge is 0.117 e. The molecule has 0 aliphatic heterocycles. The zero-order valence-corrected chi connectivity index (χ0v) is 9.41. The highest BCUT2D eigenvalue weighted by Crippen LogP contribution is 2.30. The lowest BCUT2D eigenvalue weighted by molar-refractivity contribution is 0.138. The van der Waals surface area contributed by atoms with Crippen LogP contribution >= 0.6 is 0 Å². The fourth-order valence-corrected chi connectivity index (χ4v) is 2.14. The van der Waals surface area contributed by atoms with E-state index in [-0.39, 0.29) is 5.54 Å². The van der Waals surface area contributed by atoms with Gasteiger partial charge >= 0.3 is 0 Å². The molecule has 0 atom stereocenters. The Bertz CT molecular complexity index is 291. The largest absolute Gasteiger partial charge is 0.468 e. The molecule has 0 aromatic carbocycles. The molecule has 84 valence electrons. The van der Waals surface area contributed by atoms with Crippen LogP contribution in [0.5, 0.6) is 0 Å². The highest BCUT2D eigenvalue weighted by molar-refractivity contribution is 5.00. The fraction of sp³-hybridized carbons (Fsp3) is 0.667. The van der Waals surface area contributed by atoms with Gasteiger partial charge < -0.3 is 10.2 Å². The van der Waals surface area contributed by atoms with Crippen LogP contribution in [0.25, 0.3) is 0 Å². The summed E-state index contributed by atoms with van der Waals surface area (Å²) in [5.74, 6) is 1.03. The number of hydrogen-bond donors (Lipinski definition) is 1. The standard InChI is InChI=1S/C12H20N2O/c1-2-14(9-11-5-3-8-15-11)10-12(13)6-4-7-12/h3,5,8H,2,4,6-7,9-10,13H2,1H3. The quantitative estimate of drug-likeness (QED) is 0.804. The Labute approximate surface area is 91.2 Å². The van der Waals surface area contributed by atoms with Gasteiger partial charge in [0.2, 0.25) is 0 Å². The Morgan fingerprint density at radius 2 is 2.33 bits per heavy atom. The van der Waals surface area contributed by atoms with Crippen molar-refractivity contribution >= 4 is 0 Å². The molecule has 0 bridgehead atoms. The molecule has 2 rings (SSSR count). The molecule has 1 aromatic heterocycles. The first kappa shape index (κ1) is 10.7. The molecule has 1 fully saturated rings. The van der Waals surface area contributed by atoms with Crippen molar-refractivity contribution in [1.29, 1.82) is 0 Å². The maximum absolute atomic E-state index is 6.24. The van der Waals surface area contributed by atoms with E-state index in [1.165, 1.54) is 19.3 Å². The molecule has 0 saturated heterocycles. The predicted molar refractivity (Wildman–Crippen MR) is 60.4 cm³/mol. The minimum Gasteiger partial charge on any atom is -0.468 e. The van der Waals surface area contributed by atoms with Gasteiger partial charge in [-0.3, -0.25) is 4.90 Å². The van der Waals surface area contributed by atoms with Crippen molar-refractivity contribution in [3.8, 4) is 0 Å². The summed E-state index contributed by atoms with van der Waals surface area (Å²) in [5, 5.41) is 0. The molecule has 0 radical (unpaired) electrons. The van der Waals surface area contributed by atoms with Gasteiger partial charge in [0.15, 0.2) is 0 Å². The van der Waals surface area contributed by atoms with E-state index in [1.54, 1.807) is 6.26 Å². The Balaban J connectivity index is 1.87. The molecular formula is C12H20N2O. The number of hydrogen-bond acceptors (Lipinski definition) is 3. The maximum atomic E-state index is 6.24.